The van der Waals surface area contributed by atoms with Crippen molar-refractivity contribution in [1.29, 1.82) is 0 Å². The summed E-state index contributed by atoms with van der Waals surface area (Å²) in [5.41, 5.74) is 0.561. The number of rotatable bonds is 5. The molecular formula is C14H23NO2. The van der Waals surface area contributed by atoms with Gasteiger partial charge >= 0.3 is 6.09 Å². The van der Waals surface area contributed by atoms with Crippen LogP contribution in [0.15, 0.2) is 37.0 Å². The summed E-state index contributed by atoms with van der Waals surface area (Å²) in [6.07, 6.45) is 5.65. The molecule has 96 valence electrons. The molecule has 0 aromatic rings. The van der Waals surface area contributed by atoms with E-state index in [1.54, 1.807) is 12.2 Å². The molecule has 0 aromatic heterocycles. The first kappa shape index (κ1) is 15.5. The predicted molar refractivity (Wildman–Crippen MR) is 71.9 cm³/mol. The summed E-state index contributed by atoms with van der Waals surface area (Å²) in [6.45, 7) is 14.8. The van der Waals surface area contributed by atoms with Crippen molar-refractivity contribution in [3.05, 3.63) is 37.0 Å². The van der Waals surface area contributed by atoms with E-state index in [1.807, 2.05) is 33.8 Å². The van der Waals surface area contributed by atoms with Crippen LogP contribution in [0.2, 0.25) is 0 Å². The van der Waals surface area contributed by atoms with Crippen LogP contribution in [0.4, 0.5) is 4.79 Å². The number of ether oxygens (including phenoxy) is 1. The maximum atomic E-state index is 11.5. The quantitative estimate of drug-likeness (QED) is 0.742. The first-order valence-electron chi connectivity index (χ1n) is 5.72. The van der Waals surface area contributed by atoms with E-state index >= 15 is 0 Å². The Morgan fingerprint density at radius 2 is 2.00 bits per heavy atom. The highest BCUT2D eigenvalue weighted by molar-refractivity contribution is 5.68. The van der Waals surface area contributed by atoms with Gasteiger partial charge in [0.15, 0.2) is 0 Å². The van der Waals surface area contributed by atoms with Gasteiger partial charge in [0, 0.05) is 6.04 Å². The van der Waals surface area contributed by atoms with Crippen molar-refractivity contribution >= 4 is 6.09 Å². The molecule has 0 bridgehead atoms. The molecule has 1 unspecified atom stereocenters. The Hall–Kier alpha value is -1.51. The zero-order valence-corrected chi connectivity index (χ0v) is 11.2. The molecule has 0 aromatic carbocycles. The molecule has 0 aliphatic heterocycles. The van der Waals surface area contributed by atoms with E-state index in [4.69, 9.17) is 4.74 Å². The minimum Gasteiger partial charge on any atom is -0.444 e. The topological polar surface area (TPSA) is 38.3 Å². The molecule has 3 nitrogen and oxygen atoms in total. The van der Waals surface area contributed by atoms with Gasteiger partial charge in [0.1, 0.15) is 5.60 Å². The maximum absolute atomic E-state index is 11.5. The van der Waals surface area contributed by atoms with E-state index < -0.39 is 11.7 Å². The standard InChI is InChI=1S/C14H23NO2/c1-7-9-12(8-2)10-11(3)15-13(16)17-14(4,5)6/h7-9,11H,1-2,10H2,3-6H3,(H,15,16)/b12-9+. The van der Waals surface area contributed by atoms with Crippen LogP contribution in [0.3, 0.4) is 0 Å². The van der Waals surface area contributed by atoms with Gasteiger partial charge in [-0.15, -0.1) is 0 Å². The second-order valence-electron chi connectivity index (χ2n) is 4.93. The monoisotopic (exact) mass is 237 g/mol. The third-order valence-corrected chi connectivity index (χ3v) is 1.90. The Kier molecular flexibility index (Phi) is 6.33. The van der Waals surface area contributed by atoms with Crippen LogP contribution in [0.1, 0.15) is 34.1 Å². The van der Waals surface area contributed by atoms with E-state index in [2.05, 4.69) is 18.5 Å². The first-order valence-corrected chi connectivity index (χ1v) is 5.72. The average molecular weight is 237 g/mol. The smallest absolute Gasteiger partial charge is 0.407 e. The Balaban J connectivity index is 4.22. The van der Waals surface area contributed by atoms with Crippen molar-refractivity contribution in [2.75, 3.05) is 0 Å². The van der Waals surface area contributed by atoms with Gasteiger partial charge in [0.05, 0.1) is 0 Å². The minimum absolute atomic E-state index is 0.00551. The van der Waals surface area contributed by atoms with Crippen molar-refractivity contribution in [2.24, 2.45) is 0 Å². The number of amides is 1. The maximum Gasteiger partial charge on any atom is 0.407 e. The number of carbonyl (C=O) groups is 1. The molecule has 0 fully saturated rings. The summed E-state index contributed by atoms with van der Waals surface area (Å²) in [7, 11) is 0. The molecule has 17 heavy (non-hydrogen) atoms. The van der Waals surface area contributed by atoms with Crippen molar-refractivity contribution in [3.8, 4) is 0 Å². The molecule has 1 amide bonds. The number of hydrogen-bond donors (Lipinski definition) is 1. The van der Waals surface area contributed by atoms with Gasteiger partial charge < -0.3 is 10.1 Å². The number of alkyl carbamates (subject to hydrolysis) is 1. The van der Waals surface area contributed by atoms with Crippen LogP contribution in [-0.4, -0.2) is 17.7 Å². The molecule has 0 aliphatic carbocycles. The molecule has 0 saturated heterocycles. The van der Waals surface area contributed by atoms with Crippen molar-refractivity contribution < 1.29 is 9.53 Å². The molecule has 3 heteroatoms. The molecule has 0 aliphatic rings. The second kappa shape index (κ2) is 6.94. The molecule has 0 radical (unpaired) electrons. The third-order valence-electron chi connectivity index (χ3n) is 1.90. The Morgan fingerprint density at radius 1 is 1.41 bits per heavy atom. The van der Waals surface area contributed by atoms with E-state index in [1.165, 1.54) is 0 Å². The highest BCUT2D eigenvalue weighted by Crippen LogP contribution is 2.09. The first-order chi connectivity index (χ1) is 7.78. The summed E-state index contributed by atoms with van der Waals surface area (Å²) in [4.78, 5) is 11.5. The van der Waals surface area contributed by atoms with Crippen LogP contribution < -0.4 is 5.32 Å². The normalized spacial score (nSPS) is 13.8. The average Bonchev–Trinajstić information content (AvgIpc) is 2.13. The van der Waals surface area contributed by atoms with E-state index in [0.717, 1.165) is 5.57 Å². The highest BCUT2D eigenvalue weighted by Gasteiger charge is 2.17. The number of allylic oxidation sites excluding steroid dienone is 3. The van der Waals surface area contributed by atoms with Crippen molar-refractivity contribution in [3.63, 3.8) is 0 Å². The SMILES string of the molecule is C=C/C=C(\C=C)CC(C)NC(=O)OC(C)(C)C. The summed E-state index contributed by atoms with van der Waals surface area (Å²) >= 11 is 0. The van der Waals surface area contributed by atoms with Gasteiger partial charge in [-0.3, -0.25) is 0 Å². The largest absolute Gasteiger partial charge is 0.444 e. The minimum atomic E-state index is -0.470. The predicted octanol–water partition coefficient (Wildman–Crippen LogP) is 3.59. The molecular weight excluding hydrogens is 214 g/mol. The summed E-state index contributed by atoms with van der Waals surface area (Å²) in [6, 6.07) is -0.00551. The summed E-state index contributed by atoms with van der Waals surface area (Å²) < 4.78 is 5.17. The fourth-order valence-electron chi connectivity index (χ4n) is 1.28. The van der Waals surface area contributed by atoms with Gasteiger partial charge in [-0.2, -0.15) is 0 Å². The Morgan fingerprint density at radius 3 is 2.41 bits per heavy atom. The molecule has 0 spiro atoms. The lowest BCUT2D eigenvalue weighted by molar-refractivity contribution is 0.0509. The Labute approximate surface area is 104 Å². The van der Waals surface area contributed by atoms with E-state index in [9.17, 15) is 4.79 Å². The van der Waals surface area contributed by atoms with Gasteiger partial charge in [-0.25, -0.2) is 4.79 Å². The third kappa shape index (κ3) is 8.31. The highest BCUT2D eigenvalue weighted by atomic mass is 16.6. The van der Waals surface area contributed by atoms with Crippen LogP contribution in [-0.2, 0) is 4.74 Å². The lowest BCUT2D eigenvalue weighted by Crippen LogP contribution is -2.37. The Bertz CT molecular complexity index is 311. The number of nitrogens with one attached hydrogen (secondary N) is 1. The lowest BCUT2D eigenvalue weighted by atomic mass is 10.1. The second-order valence-corrected chi connectivity index (χ2v) is 4.93. The van der Waals surface area contributed by atoms with Gasteiger partial charge in [0.2, 0.25) is 0 Å². The van der Waals surface area contributed by atoms with Gasteiger partial charge in [-0.05, 0) is 39.7 Å². The van der Waals surface area contributed by atoms with Gasteiger partial charge in [0.25, 0.3) is 0 Å². The van der Waals surface area contributed by atoms with Crippen LogP contribution in [0, 0.1) is 0 Å². The van der Waals surface area contributed by atoms with Gasteiger partial charge in [-0.1, -0.05) is 31.4 Å². The van der Waals surface area contributed by atoms with Crippen molar-refractivity contribution in [1.82, 2.24) is 5.32 Å². The number of hydrogen-bond acceptors (Lipinski definition) is 2. The zero-order valence-electron chi connectivity index (χ0n) is 11.2. The molecule has 0 heterocycles. The summed E-state index contributed by atoms with van der Waals surface area (Å²) in [5.74, 6) is 0. The van der Waals surface area contributed by atoms with E-state index in [0.29, 0.717) is 6.42 Å². The molecule has 1 atom stereocenters. The fraction of sp³-hybridized carbons (Fsp3) is 0.500. The lowest BCUT2D eigenvalue weighted by Gasteiger charge is -2.22. The van der Waals surface area contributed by atoms with Crippen LogP contribution in [0.25, 0.3) is 0 Å². The number of carbonyl (C=O) groups excluding carboxylic acids is 1. The molecule has 0 saturated carbocycles. The van der Waals surface area contributed by atoms with E-state index in [-0.39, 0.29) is 6.04 Å². The molecule has 0 rings (SSSR count). The van der Waals surface area contributed by atoms with Crippen LogP contribution >= 0.6 is 0 Å². The van der Waals surface area contributed by atoms with Crippen LogP contribution in [0.5, 0.6) is 0 Å². The summed E-state index contributed by atoms with van der Waals surface area (Å²) in [5, 5.41) is 2.78. The molecule has 1 N–H and O–H groups in total. The van der Waals surface area contributed by atoms with Crippen molar-refractivity contribution in [2.45, 2.75) is 45.8 Å². The zero-order chi connectivity index (χ0) is 13.5. The fourth-order valence-corrected chi connectivity index (χ4v) is 1.28.